The van der Waals surface area contributed by atoms with E-state index in [1.54, 1.807) is 0 Å². The maximum absolute atomic E-state index is 4.49. The van der Waals surface area contributed by atoms with E-state index in [2.05, 4.69) is 31.8 Å². The summed E-state index contributed by atoms with van der Waals surface area (Å²) in [5.74, 6) is 0. The highest BCUT2D eigenvalue weighted by molar-refractivity contribution is 5.24. The van der Waals surface area contributed by atoms with Crippen molar-refractivity contribution in [1.29, 1.82) is 0 Å². The van der Waals surface area contributed by atoms with Gasteiger partial charge in [-0.25, -0.2) is 0 Å². The summed E-state index contributed by atoms with van der Waals surface area (Å²) in [5.41, 5.74) is 4.00. The van der Waals surface area contributed by atoms with Crippen LogP contribution in [0.3, 0.4) is 0 Å². The number of aryl methyl sites for hydroxylation is 3. The molecular formula is C12H19N. The Morgan fingerprint density at radius 2 is 2.08 bits per heavy atom. The van der Waals surface area contributed by atoms with Crippen LogP contribution in [0.1, 0.15) is 43.5 Å². The van der Waals surface area contributed by atoms with E-state index in [0.717, 1.165) is 12.8 Å². The molecule has 1 aromatic heterocycles. The van der Waals surface area contributed by atoms with Gasteiger partial charge in [-0.2, -0.15) is 0 Å². The molecule has 1 heteroatoms. The minimum absolute atomic E-state index is 1.10. The fourth-order valence-electron chi connectivity index (χ4n) is 1.53. The molecule has 1 aromatic rings. The monoisotopic (exact) mass is 177 g/mol. The Labute approximate surface area is 81.2 Å². The van der Waals surface area contributed by atoms with E-state index in [9.17, 15) is 0 Å². The SMILES string of the molecule is CCCCc1ncc(C)cc1CC. The molecule has 0 spiro atoms. The average Bonchev–Trinajstić information content (AvgIpc) is 2.16. The van der Waals surface area contributed by atoms with Gasteiger partial charge in [-0.05, 0) is 37.3 Å². The van der Waals surface area contributed by atoms with Crippen molar-refractivity contribution in [2.45, 2.75) is 46.5 Å². The van der Waals surface area contributed by atoms with Crippen LogP contribution in [-0.2, 0) is 12.8 Å². The molecule has 0 aliphatic rings. The molecule has 0 atom stereocenters. The highest BCUT2D eigenvalue weighted by atomic mass is 14.7. The van der Waals surface area contributed by atoms with Gasteiger partial charge in [0.1, 0.15) is 0 Å². The first-order valence-electron chi connectivity index (χ1n) is 5.22. The van der Waals surface area contributed by atoms with Crippen LogP contribution in [0.15, 0.2) is 12.3 Å². The third-order valence-corrected chi connectivity index (χ3v) is 2.34. The first-order chi connectivity index (χ1) is 6.27. The van der Waals surface area contributed by atoms with Crippen molar-refractivity contribution in [3.05, 3.63) is 29.1 Å². The third-order valence-electron chi connectivity index (χ3n) is 2.34. The molecule has 1 nitrogen and oxygen atoms in total. The van der Waals surface area contributed by atoms with Gasteiger partial charge in [0.15, 0.2) is 0 Å². The van der Waals surface area contributed by atoms with E-state index in [-0.39, 0.29) is 0 Å². The largest absolute Gasteiger partial charge is 0.261 e. The lowest BCUT2D eigenvalue weighted by Crippen LogP contribution is -1.97. The van der Waals surface area contributed by atoms with Gasteiger partial charge in [-0.15, -0.1) is 0 Å². The van der Waals surface area contributed by atoms with E-state index in [1.165, 1.54) is 29.7 Å². The maximum Gasteiger partial charge on any atom is 0.0435 e. The molecule has 0 amide bonds. The van der Waals surface area contributed by atoms with Crippen LogP contribution in [0, 0.1) is 6.92 Å². The summed E-state index contributed by atoms with van der Waals surface area (Å²) >= 11 is 0. The second kappa shape index (κ2) is 5.00. The Balaban J connectivity index is 2.79. The summed E-state index contributed by atoms with van der Waals surface area (Å²) < 4.78 is 0. The zero-order valence-electron chi connectivity index (χ0n) is 8.93. The second-order valence-corrected chi connectivity index (χ2v) is 3.58. The highest BCUT2D eigenvalue weighted by Gasteiger charge is 2.01. The fourth-order valence-corrected chi connectivity index (χ4v) is 1.53. The summed E-state index contributed by atoms with van der Waals surface area (Å²) in [5, 5.41) is 0. The van der Waals surface area contributed by atoms with E-state index < -0.39 is 0 Å². The molecule has 0 fully saturated rings. The predicted octanol–water partition coefficient (Wildman–Crippen LogP) is 3.30. The Hall–Kier alpha value is -0.850. The lowest BCUT2D eigenvalue weighted by atomic mass is 10.0. The zero-order chi connectivity index (χ0) is 9.68. The number of pyridine rings is 1. The molecule has 0 saturated carbocycles. The molecule has 0 N–H and O–H groups in total. The van der Waals surface area contributed by atoms with Crippen molar-refractivity contribution in [3.63, 3.8) is 0 Å². The van der Waals surface area contributed by atoms with E-state index in [1.807, 2.05) is 6.20 Å². The van der Waals surface area contributed by atoms with Gasteiger partial charge < -0.3 is 0 Å². The topological polar surface area (TPSA) is 12.9 Å². The lowest BCUT2D eigenvalue weighted by molar-refractivity contribution is 0.765. The van der Waals surface area contributed by atoms with Crippen LogP contribution in [0.5, 0.6) is 0 Å². The summed E-state index contributed by atoms with van der Waals surface area (Å²) in [6.07, 6.45) is 6.72. The fraction of sp³-hybridized carbons (Fsp3) is 0.583. The van der Waals surface area contributed by atoms with Crippen molar-refractivity contribution in [3.8, 4) is 0 Å². The van der Waals surface area contributed by atoms with Gasteiger partial charge in [-0.1, -0.05) is 26.3 Å². The molecule has 72 valence electrons. The van der Waals surface area contributed by atoms with Gasteiger partial charge in [-0.3, -0.25) is 4.98 Å². The number of hydrogen-bond donors (Lipinski definition) is 0. The average molecular weight is 177 g/mol. The minimum atomic E-state index is 1.10. The van der Waals surface area contributed by atoms with Crippen molar-refractivity contribution < 1.29 is 0 Å². The van der Waals surface area contributed by atoms with Crippen molar-refractivity contribution in [2.24, 2.45) is 0 Å². The van der Waals surface area contributed by atoms with Crippen LogP contribution >= 0.6 is 0 Å². The van der Waals surface area contributed by atoms with Crippen LogP contribution < -0.4 is 0 Å². The molecule has 1 heterocycles. The molecule has 1 rings (SSSR count). The maximum atomic E-state index is 4.49. The lowest BCUT2D eigenvalue weighted by Gasteiger charge is -2.06. The first-order valence-corrected chi connectivity index (χ1v) is 5.22. The Bertz CT molecular complexity index is 266. The molecule has 0 unspecified atom stereocenters. The smallest absolute Gasteiger partial charge is 0.0435 e. The van der Waals surface area contributed by atoms with Crippen molar-refractivity contribution in [1.82, 2.24) is 4.98 Å². The summed E-state index contributed by atoms with van der Waals surface area (Å²) in [4.78, 5) is 4.49. The molecule has 0 bridgehead atoms. The first kappa shape index (κ1) is 10.2. The van der Waals surface area contributed by atoms with Gasteiger partial charge in [0.05, 0.1) is 0 Å². The minimum Gasteiger partial charge on any atom is -0.261 e. The van der Waals surface area contributed by atoms with E-state index >= 15 is 0 Å². The van der Waals surface area contributed by atoms with Crippen LogP contribution in [0.4, 0.5) is 0 Å². The van der Waals surface area contributed by atoms with Crippen LogP contribution in [-0.4, -0.2) is 4.98 Å². The number of hydrogen-bond acceptors (Lipinski definition) is 1. The highest BCUT2D eigenvalue weighted by Crippen LogP contribution is 2.11. The van der Waals surface area contributed by atoms with Gasteiger partial charge >= 0.3 is 0 Å². The molecule has 0 radical (unpaired) electrons. The van der Waals surface area contributed by atoms with Gasteiger partial charge in [0, 0.05) is 11.9 Å². The van der Waals surface area contributed by atoms with Crippen molar-refractivity contribution >= 4 is 0 Å². The Morgan fingerprint density at radius 1 is 1.31 bits per heavy atom. The second-order valence-electron chi connectivity index (χ2n) is 3.58. The molecule has 0 saturated heterocycles. The summed E-state index contributed by atoms with van der Waals surface area (Å²) in [7, 11) is 0. The molecule has 0 aromatic carbocycles. The molecule has 13 heavy (non-hydrogen) atoms. The quantitative estimate of drug-likeness (QED) is 0.687. The summed E-state index contributed by atoms with van der Waals surface area (Å²) in [6, 6.07) is 2.26. The normalized spacial score (nSPS) is 10.4. The molecule has 0 aliphatic heterocycles. The number of nitrogens with zero attached hydrogens (tertiary/aromatic N) is 1. The van der Waals surface area contributed by atoms with Gasteiger partial charge in [0.2, 0.25) is 0 Å². The van der Waals surface area contributed by atoms with E-state index in [4.69, 9.17) is 0 Å². The third kappa shape index (κ3) is 2.83. The number of rotatable bonds is 4. The molecule has 0 aliphatic carbocycles. The zero-order valence-corrected chi connectivity index (χ0v) is 8.93. The van der Waals surface area contributed by atoms with Gasteiger partial charge in [0.25, 0.3) is 0 Å². The molecular weight excluding hydrogens is 158 g/mol. The predicted molar refractivity (Wildman–Crippen MR) is 57.0 cm³/mol. The Kier molecular flexibility index (Phi) is 3.94. The number of aromatic nitrogens is 1. The van der Waals surface area contributed by atoms with Crippen LogP contribution in [0.25, 0.3) is 0 Å². The Morgan fingerprint density at radius 3 is 2.69 bits per heavy atom. The number of unbranched alkanes of at least 4 members (excludes halogenated alkanes) is 1. The van der Waals surface area contributed by atoms with Crippen LogP contribution in [0.2, 0.25) is 0 Å². The van der Waals surface area contributed by atoms with Crippen molar-refractivity contribution in [2.75, 3.05) is 0 Å². The summed E-state index contributed by atoms with van der Waals surface area (Å²) in [6.45, 7) is 6.53. The standard InChI is InChI=1S/C12H19N/c1-4-6-7-12-11(5-2)8-10(3)9-13-12/h8-9H,4-7H2,1-3H3. The van der Waals surface area contributed by atoms with E-state index in [0.29, 0.717) is 0 Å².